The van der Waals surface area contributed by atoms with E-state index in [0.29, 0.717) is 6.04 Å². The molecule has 74 valence electrons. The van der Waals surface area contributed by atoms with Gasteiger partial charge in [-0.15, -0.1) is 0 Å². The van der Waals surface area contributed by atoms with Crippen LogP contribution < -0.4 is 5.32 Å². The van der Waals surface area contributed by atoms with E-state index in [1.54, 1.807) is 0 Å². The van der Waals surface area contributed by atoms with Gasteiger partial charge in [0.1, 0.15) is 0 Å². The molecule has 2 nitrogen and oxygen atoms in total. The van der Waals surface area contributed by atoms with Gasteiger partial charge in [0.15, 0.2) is 0 Å². The number of rotatable bonds is 3. The fourth-order valence-corrected chi connectivity index (χ4v) is 1.70. The van der Waals surface area contributed by atoms with Gasteiger partial charge in [0.2, 0.25) is 0 Å². The van der Waals surface area contributed by atoms with Gasteiger partial charge in [0.05, 0.1) is 0 Å². The molecule has 0 aliphatic heterocycles. The number of likely N-dealkylation sites (N-methyl/N-ethyl adjacent to an activating group) is 1. The van der Waals surface area contributed by atoms with Crippen LogP contribution in [0.5, 0.6) is 0 Å². The van der Waals surface area contributed by atoms with E-state index in [0.717, 1.165) is 6.42 Å². The summed E-state index contributed by atoms with van der Waals surface area (Å²) >= 11 is 0. The molecule has 0 unspecified atom stereocenters. The summed E-state index contributed by atoms with van der Waals surface area (Å²) in [6.45, 7) is 2.20. The Morgan fingerprint density at radius 3 is 2.93 bits per heavy atom. The minimum atomic E-state index is 0.522. The number of nitrogens with one attached hydrogen (secondary N) is 1. The molecule has 14 heavy (non-hydrogen) atoms. The van der Waals surface area contributed by atoms with Crippen molar-refractivity contribution in [3.8, 4) is 0 Å². The predicted octanol–water partition coefficient (Wildman–Crippen LogP) is 2.09. The molecule has 0 aromatic carbocycles. The molecule has 2 heteroatoms. The number of nitrogens with zero attached hydrogens (tertiary/aromatic N) is 1. The van der Waals surface area contributed by atoms with E-state index < -0.39 is 0 Å². The molecule has 2 heterocycles. The fraction of sp³-hybridized carbons (Fsp3) is 0.333. The SMILES string of the molecule is CN[C@H](C)Cc1ccc2ccccn12. The topological polar surface area (TPSA) is 16.4 Å². The highest BCUT2D eigenvalue weighted by Crippen LogP contribution is 2.11. The Bertz CT molecular complexity index is 417. The molecule has 0 spiro atoms. The maximum atomic E-state index is 3.25. The third-order valence-corrected chi connectivity index (χ3v) is 2.66. The van der Waals surface area contributed by atoms with Crippen LogP contribution in [0.15, 0.2) is 36.5 Å². The van der Waals surface area contributed by atoms with Gasteiger partial charge >= 0.3 is 0 Å². The molecule has 1 atom stereocenters. The van der Waals surface area contributed by atoms with E-state index in [4.69, 9.17) is 0 Å². The molecule has 0 bridgehead atoms. The Morgan fingerprint density at radius 2 is 2.14 bits per heavy atom. The summed E-state index contributed by atoms with van der Waals surface area (Å²) < 4.78 is 2.24. The first-order valence-corrected chi connectivity index (χ1v) is 5.03. The molecule has 0 saturated heterocycles. The van der Waals surface area contributed by atoms with Gasteiger partial charge in [-0.2, -0.15) is 0 Å². The Labute approximate surface area is 84.6 Å². The minimum absolute atomic E-state index is 0.522. The highest BCUT2D eigenvalue weighted by atomic mass is 14.9. The third kappa shape index (κ3) is 1.66. The van der Waals surface area contributed by atoms with Crippen molar-refractivity contribution in [3.63, 3.8) is 0 Å². The molecule has 0 radical (unpaired) electrons. The summed E-state index contributed by atoms with van der Waals surface area (Å²) in [7, 11) is 2.00. The monoisotopic (exact) mass is 188 g/mol. The normalized spacial score (nSPS) is 13.3. The lowest BCUT2D eigenvalue weighted by molar-refractivity contribution is 0.598. The van der Waals surface area contributed by atoms with E-state index in [1.165, 1.54) is 11.2 Å². The van der Waals surface area contributed by atoms with Crippen molar-refractivity contribution in [3.05, 3.63) is 42.2 Å². The standard InChI is InChI=1S/C12H16N2/c1-10(13-2)9-12-7-6-11-5-3-4-8-14(11)12/h3-8,10,13H,9H2,1-2H3/t10-/m1/s1. The van der Waals surface area contributed by atoms with Crippen LogP contribution in [-0.4, -0.2) is 17.5 Å². The van der Waals surface area contributed by atoms with Crippen LogP contribution in [0.1, 0.15) is 12.6 Å². The minimum Gasteiger partial charge on any atom is -0.321 e. The summed E-state index contributed by atoms with van der Waals surface area (Å²) in [5, 5.41) is 3.25. The Morgan fingerprint density at radius 1 is 1.29 bits per heavy atom. The molecule has 0 amide bonds. The average molecular weight is 188 g/mol. The number of aromatic nitrogens is 1. The highest BCUT2D eigenvalue weighted by Gasteiger charge is 2.04. The molecule has 2 aromatic rings. The van der Waals surface area contributed by atoms with Crippen molar-refractivity contribution in [2.45, 2.75) is 19.4 Å². The van der Waals surface area contributed by atoms with E-state index in [-0.39, 0.29) is 0 Å². The van der Waals surface area contributed by atoms with E-state index >= 15 is 0 Å². The second kappa shape index (κ2) is 3.84. The Hall–Kier alpha value is -1.28. The van der Waals surface area contributed by atoms with E-state index in [2.05, 4.69) is 53.2 Å². The molecular weight excluding hydrogens is 172 g/mol. The summed E-state index contributed by atoms with van der Waals surface area (Å²) in [5.74, 6) is 0. The molecule has 2 aromatic heterocycles. The summed E-state index contributed by atoms with van der Waals surface area (Å²) in [6.07, 6.45) is 3.18. The first-order chi connectivity index (χ1) is 6.81. The second-order valence-electron chi connectivity index (χ2n) is 3.71. The van der Waals surface area contributed by atoms with Gasteiger partial charge in [0.25, 0.3) is 0 Å². The zero-order valence-electron chi connectivity index (χ0n) is 8.70. The largest absolute Gasteiger partial charge is 0.321 e. The first kappa shape index (κ1) is 9.28. The van der Waals surface area contributed by atoms with Crippen molar-refractivity contribution in [2.75, 3.05) is 7.05 Å². The number of hydrogen-bond acceptors (Lipinski definition) is 1. The molecule has 0 saturated carbocycles. The summed E-state index contributed by atoms with van der Waals surface area (Å²) in [4.78, 5) is 0. The lowest BCUT2D eigenvalue weighted by Crippen LogP contribution is -2.24. The lowest BCUT2D eigenvalue weighted by Gasteiger charge is -2.09. The number of fused-ring (bicyclic) bond motifs is 1. The van der Waals surface area contributed by atoms with E-state index in [1.807, 2.05) is 7.05 Å². The average Bonchev–Trinajstić information content (AvgIpc) is 2.62. The van der Waals surface area contributed by atoms with Gasteiger partial charge in [-0.25, -0.2) is 0 Å². The molecule has 0 aliphatic carbocycles. The van der Waals surface area contributed by atoms with Crippen LogP contribution >= 0.6 is 0 Å². The molecular formula is C12H16N2. The van der Waals surface area contributed by atoms with Crippen molar-refractivity contribution in [1.29, 1.82) is 0 Å². The van der Waals surface area contributed by atoms with Gasteiger partial charge in [0, 0.05) is 29.9 Å². The molecule has 0 fully saturated rings. The van der Waals surface area contributed by atoms with Crippen LogP contribution in [-0.2, 0) is 6.42 Å². The Balaban J connectivity index is 2.33. The van der Waals surface area contributed by atoms with Crippen LogP contribution in [0, 0.1) is 0 Å². The predicted molar refractivity (Wildman–Crippen MR) is 59.6 cm³/mol. The quantitative estimate of drug-likeness (QED) is 0.780. The maximum Gasteiger partial charge on any atom is 0.0452 e. The van der Waals surface area contributed by atoms with Crippen LogP contribution in [0.3, 0.4) is 0 Å². The summed E-state index contributed by atoms with van der Waals surface area (Å²) in [6, 6.07) is 11.2. The van der Waals surface area contributed by atoms with E-state index in [9.17, 15) is 0 Å². The maximum absolute atomic E-state index is 3.25. The van der Waals surface area contributed by atoms with Crippen molar-refractivity contribution in [2.24, 2.45) is 0 Å². The molecule has 0 aliphatic rings. The molecule has 2 rings (SSSR count). The Kier molecular flexibility index (Phi) is 2.55. The van der Waals surface area contributed by atoms with Crippen molar-refractivity contribution in [1.82, 2.24) is 9.72 Å². The fourth-order valence-electron chi connectivity index (χ4n) is 1.70. The van der Waals surface area contributed by atoms with Gasteiger partial charge in [-0.05, 0) is 38.2 Å². The number of hydrogen-bond donors (Lipinski definition) is 1. The molecule has 1 N–H and O–H groups in total. The lowest BCUT2D eigenvalue weighted by atomic mass is 10.2. The summed E-state index contributed by atoms with van der Waals surface area (Å²) in [5.41, 5.74) is 2.63. The van der Waals surface area contributed by atoms with Crippen molar-refractivity contribution < 1.29 is 0 Å². The van der Waals surface area contributed by atoms with Gasteiger partial charge < -0.3 is 9.72 Å². The highest BCUT2D eigenvalue weighted by molar-refractivity contribution is 5.49. The zero-order valence-corrected chi connectivity index (χ0v) is 8.70. The third-order valence-electron chi connectivity index (χ3n) is 2.66. The van der Waals surface area contributed by atoms with Crippen molar-refractivity contribution >= 4 is 5.52 Å². The smallest absolute Gasteiger partial charge is 0.0452 e. The van der Waals surface area contributed by atoms with Crippen LogP contribution in [0.4, 0.5) is 0 Å². The second-order valence-corrected chi connectivity index (χ2v) is 3.71. The van der Waals surface area contributed by atoms with Crippen LogP contribution in [0.2, 0.25) is 0 Å². The first-order valence-electron chi connectivity index (χ1n) is 5.03. The zero-order chi connectivity index (χ0) is 9.97. The number of pyridine rings is 1. The van der Waals surface area contributed by atoms with Crippen LogP contribution in [0.25, 0.3) is 5.52 Å². The van der Waals surface area contributed by atoms with Gasteiger partial charge in [-0.1, -0.05) is 6.07 Å². The van der Waals surface area contributed by atoms with Gasteiger partial charge in [-0.3, -0.25) is 0 Å².